The summed E-state index contributed by atoms with van der Waals surface area (Å²) in [6.07, 6.45) is 0.904. The van der Waals surface area contributed by atoms with Crippen LogP contribution < -0.4 is 5.32 Å². The van der Waals surface area contributed by atoms with Crippen molar-refractivity contribution in [1.82, 2.24) is 10.2 Å². The molecule has 2 rings (SSSR count). The van der Waals surface area contributed by atoms with Crippen LogP contribution in [0.2, 0.25) is 0 Å². The molecule has 0 spiro atoms. The number of nitrogens with one attached hydrogen (secondary N) is 1. The van der Waals surface area contributed by atoms with Gasteiger partial charge in [0.05, 0.1) is 5.25 Å². The molecule has 1 aromatic carbocycles. The molecule has 19 heavy (non-hydrogen) atoms. The molecule has 2 atom stereocenters. The van der Waals surface area contributed by atoms with Crippen molar-refractivity contribution >= 4 is 17.7 Å². The van der Waals surface area contributed by atoms with E-state index in [1.54, 1.807) is 17.8 Å². The first kappa shape index (κ1) is 14.3. The Labute approximate surface area is 117 Å². The molecule has 0 aliphatic carbocycles. The van der Waals surface area contributed by atoms with E-state index in [4.69, 9.17) is 0 Å². The zero-order chi connectivity index (χ0) is 13.8. The van der Waals surface area contributed by atoms with E-state index in [0.29, 0.717) is 6.54 Å². The zero-order valence-corrected chi connectivity index (χ0v) is 12.0. The lowest BCUT2D eigenvalue weighted by Crippen LogP contribution is -2.32. The number of benzene rings is 1. The van der Waals surface area contributed by atoms with Crippen LogP contribution in [0.25, 0.3) is 0 Å². The summed E-state index contributed by atoms with van der Waals surface area (Å²) in [6, 6.07) is 6.54. The summed E-state index contributed by atoms with van der Waals surface area (Å²) < 4.78 is 13.3. The normalized spacial score (nSPS) is 23.1. The lowest BCUT2D eigenvalue weighted by atomic mass is 10.2. The number of carbonyl (C=O) groups is 1. The molecule has 5 heteroatoms. The van der Waals surface area contributed by atoms with Gasteiger partial charge in [-0.15, -0.1) is 11.8 Å². The number of rotatable bonds is 5. The van der Waals surface area contributed by atoms with E-state index in [0.717, 1.165) is 18.5 Å². The summed E-state index contributed by atoms with van der Waals surface area (Å²) in [4.78, 5) is 14.0. The first-order valence-corrected chi connectivity index (χ1v) is 7.43. The van der Waals surface area contributed by atoms with Crippen molar-refractivity contribution in [1.29, 1.82) is 0 Å². The highest BCUT2D eigenvalue weighted by Crippen LogP contribution is 2.42. The fraction of sp³-hybridized carbons (Fsp3) is 0.500. The van der Waals surface area contributed by atoms with Crippen molar-refractivity contribution < 1.29 is 9.18 Å². The van der Waals surface area contributed by atoms with Gasteiger partial charge in [-0.1, -0.05) is 12.1 Å². The monoisotopic (exact) mass is 282 g/mol. The van der Waals surface area contributed by atoms with Gasteiger partial charge in [0.15, 0.2) is 0 Å². The number of thioether (sulfide) groups is 1. The van der Waals surface area contributed by atoms with Gasteiger partial charge in [-0.05, 0) is 44.6 Å². The molecule has 1 N–H and O–H groups in total. The number of hydrogen-bond donors (Lipinski definition) is 1. The minimum atomic E-state index is -0.250. The second-order valence-corrected chi connectivity index (χ2v) is 6.10. The summed E-state index contributed by atoms with van der Waals surface area (Å²) in [5.41, 5.74) is 0.868. The van der Waals surface area contributed by atoms with Crippen LogP contribution in [0, 0.1) is 5.82 Å². The molecule has 0 saturated carbocycles. The molecular formula is C14H19FN2OS. The highest BCUT2D eigenvalue weighted by Gasteiger charge is 2.37. The molecule has 0 aromatic heterocycles. The van der Waals surface area contributed by atoms with Crippen molar-refractivity contribution in [2.45, 2.75) is 24.0 Å². The predicted octanol–water partition coefficient (Wildman–Crippen LogP) is 2.40. The molecule has 1 aliphatic rings. The fourth-order valence-electron chi connectivity index (χ4n) is 2.25. The molecule has 104 valence electrons. The summed E-state index contributed by atoms with van der Waals surface area (Å²) in [5, 5.41) is 2.96. The van der Waals surface area contributed by atoms with Crippen molar-refractivity contribution in [2.24, 2.45) is 0 Å². The molecular weight excluding hydrogens is 263 g/mol. The second kappa shape index (κ2) is 6.39. The van der Waals surface area contributed by atoms with Gasteiger partial charge < -0.3 is 10.2 Å². The Kier molecular flexibility index (Phi) is 4.82. The van der Waals surface area contributed by atoms with Crippen molar-refractivity contribution in [2.75, 3.05) is 20.1 Å². The second-order valence-electron chi connectivity index (χ2n) is 4.67. The van der Waals surface area contributed by atoms with E-state index >= 15 is 0 Å². The lowest BCUT2D eigenvalue weighted by molar-refractivity contribution is -0.129. The van der Waals surface area contributed by atoms with Gasteiger partial charge in [0.1, 0.15) is 11.2 Å². The van der Waals surface area contributed by atoms with Gasteiger partial charge in [-0.3, -0.25) is 4.79 Å². The van der Waals surface area contributed by atoms with Crippen LogP contribution in [0.3, 0.4) is 0 Å². The number of amides is 1. The van der Waals surface area contributed by atoms with Crippen molar-refractivity contribution in [3.63, 3.8) is 0 Å². The van der Waals surface area contributed by atoms with E-state index in [2.05, 4.69) is 5.32 Å². The van der Waals surface area contributed by atoms with Crippen LogP contribution >= 0.6 is 11.8 Å². The van der Waals surface area contributed by atoms with Crippen molar-refractivity contribution in [3.05, 3.63) is 35.6 Å². The SMILES string of the molecule is CNCCCN1C(=O)[C@@H](C)S[C@@H]1c1cccc(F)c1. The summed E-state index contributed by atoms with van der Waals surface area (Å²) in [6.45, 7) is 3.49. The summed E-state index contributed by atoms with van der Waals surface area (Å²) >= 11 is 1.59. The van der Waals surface area contributed by atoms with Gasteiger partial charge in [0.2, 0.25) is 5.91 Å². The average molecular weight is 282 g/mol. The number of carbonyl (C=O) groups excluding carboxylic acids is 1. The smallest absolute Gasteiger partial charge is 0.236 e. The molecule has 1 fully saturated rings. The van der Waals surface area contributed by atoms with Gasteiger partial charge >= 0.3 is 0 Å². The Morgan fingerprint density at radius 2 is 2.26 bits per heavy atom. The van der Waals surface area contributed by atoms with Crippen molar-refractivity contribution in [3.8, 4) is 0 Å². The van der Waals surface area contributed by atoms with Gasteiger partial charge in [0, 0.05) is 6.54 Å². The predicted molar refractivity (Wildman–Crippen MR) is 76.5 cm³/mol. The minimum absolute atomic E-state index is 0.0529. The maximum Gasteiger partial charge on any atom is 0.236 e. The maximum atomic E-state index is 13.3. The average Bonchev–Trinajstić information content (AvgIpc) is 2.67. The van der Waals surface area contributed by atoms with E-state index in [1.165, 1.54) is 12.1 Å². The van der Waals surface area contributed by atoms with E-state index < -0.39 is 0 Å². The largest absolute Gasteiger partial charge is 0.326 e. The molecule has 0 radical (unpaired) electrons. The minimum Gasteiger partial charge on any atom is -0.326 e. The Morgan fingerprint density at radius 1 is 1.47 bits per heavy atom. The third-order valence-electron chi connectivity index (χ3n) is 3.21. The van der Waals surface area contributed by atoms with E-state index in [-0.39, 0.29) is 22.3 Å². The van der Waals surface area contributed by atoms with Gasteiger partial charge in [-0.25, -0.2) is 4.39 Å². The topological polar surface area (TPSA) is 32.3 Å². The molecule has 1 aromatic rings. The Hall–Kier alpha value is -1.07. The van der Waals surface area contributed by atoms with Crippen LogP contribution in [0.5, 0.6) is 0 Å². The van der Waals surface area contributed by atoms with Crippen LogP contribution in [0.15, 0.2) is 24.3 Å². The van der Waals surface area contributed by atoms with Crippen LogP contribution in [0.1, 0.15) is 24.3 Å². The number of halogens is 1. The molecule has 0 bridgehead atoms. The number of nitrogens with zero attached hydrogens (tertiary/aromatic N) is 1. The maximum absolute atomic E-state index is 13.3. The Morgan fingerprint density at radius 3 is 2.95 bits per heavy atom. The molecule has 1 heterocycles. The fourth-order valence-corrected chi connectivity index (χ4v) is 3.54. The van der Waals surface area contributed by atoms with Crippen LogP contribution in [-0.4, -0.2) is 36.2 Å². The Bertz CT molecular complexity index is 455. The molecule has 3 nitrogen and oxygen atoms in total. The lowest BCUT2D eigenvalue weighted by Gasteiger charge is -2.24. The Balaban J connectivity index is 2.15. The quantitative estimate of drug-likeness (QED) is 0.842. The molecule has 1 saturated heterocycles. The standard InChI is InChI=1S/C14H19FN2OS/c1-10-13(18)17(8-4-7-16-2)14(19-10)11-5-3-6-12(15)9-11/h3,5-6,9-10,14,16H,4,7-8H2,1-2H3/t10-,14-/m1/s1. The zero-order valence-electron chi connectivity index (χ0n) is 11.2. The first-order valence-electron chi connectivity index (χ1n) is 6.49. The first-order chi connectivity index (χ1) is 9.13. The number of hydrogen-bond acceptors (Lipinski definition) is 3. The highest BCUT2D eigenvalue weighted by molar-refractivity contribution is 8.01. The molecule has 1 aliphatic heterocycles. The highest BCUT2D eigenvalue weighted by atomic mass is 32.2. The third kappa shape index (κ3) is 3.28. The van der Waals surface area contributed by atoms with Gasteiger partial charge in [0.25, 0.3) is 0 Å². The van der Waals surface area contributed by atoms with E-state index in [1.807, 2.05) is 24.9 Å². The summed E-state index contributed by atoms with van der Waals surface area (Å²) in [5.74, 6) is -0.101. The van der Waals surface area contributed by atoms with Gasteiger partial charge in [-0.2, -0.15) is 0 Å². The van der Waals surface area contributed by atoms with Crippen LogP contribution in [-0.2, 0) is 4.79 Å². The molecule has 1 amide bonds. The van der Waals surface area contributed by atoms with Crippen LogP contribution in [0.4, 0.5) is 4.39 Å². The third-order valence-corrected chi connectivity index (χ3v) is 4.60. The molecule has 0 unspecified atom stereocenters. The van der Waals surface area contributed by atoms with E-state index in [9.17, 15) is 9.18 Å². The summed E-state index contributed by atoms with van der Waals surface area (Å²) in [7, 11) is 1.90.